The number of amides is 2. The Morgan fingerprint density at radius 2 is 1.75 bits per heavy atom. The Bertz CT molecular complexity index is 1100. The van der Waals surface area contributed by atoms with Crippen molar-refractivity contribution >= 4 is 23.3 Å². The molecule has 2 aromatic carbocycles. The fourth-order valence-electron chi connectivity index (χ4n) is 3.89. The molecule has 2 amide bonds. The van der Waals surface area contributed by atoms with Crippen molar-refractivity contribution in [2.75, 3.05) is 20.6 Å². The van der Waals surface area contributed by atoms with Crippen LogP contribution in [0.1, 0.15) is 54.9 Å². The van der Waals surface area contributed by atoms with Gasteiger partial charge in [-0.2, -0.15) is 0 Å². The van der Waals surface area contributed by atoms with E-state index in [0.717, 1.165) is 16.1 Å². The molecule has 1 fully saturated rings. The maximum atomic E-state index is 12.5. The predicted octanol–water partition coefficient (Wildman–Crippen LogP) is 5.63. The van der Waals surface area contributed by atoms with Crippen LogP contribution < -0.4 is 0 Å². The lowest BCUT2D eigenvalue weighted by atomic mass is 9.97. The zero-order valence-electron chi connectivity index (χ0n) is 21.5. The van der Waals surface area contributed by atoms with Gasteiger partial charge in [0.15, 0.2) is 0 Å². The summed E-state index contributed by atoms with van der Waals surface area (Å²) in [5.74, 6) is -0.0597. The van der Waals surface area contributed by atoms with Gasteiger partial charge in [0, 0.05) is 39.0 Å². The third-order valence-electron chi connectivity index (χ3n) is 5.82. The van der Waals surface area contributed by atoms with E-state index in [9.17, 15) is 14.7 Å². The van der Waals surface area contributed by atoms with Crippen molar-refractivity contribution < 1.29 is 19.4 Å². The van der Waals surface area contributed by atoms with Crippen molar-refractivity contribution in [3.8, 4) is 10.6 Å². The second-order valence-electron chi connectivity index (χ2n) is 9.69. The molecule has 36 heavy (non-hydrogen) atoms. The van der Waals surface area contributed by atoms with Gasteiger partial charge in [-0.1, -0.05) is 60.7 Å². The van der Waals surface area contributed by atoms with Crippen LogP contribution in [0, 0.1) is 0 Å². The number of aromatic nitrogens is 1. The fourth-order valence-corrected chi connectivity index (χ4v) is 4.84. The number of carbonyl (C=O) groups excluding carboxylic acids is 2. The molecule has 2 unspecified atom stereocenters. The van der Waals surface area contributed by atoms with Crippen LogP contribution in [0.2, 0.25) is 0 Å². The van der Waals surface area contributed by atoms with Crippen LogP contribution in [-0.4, -0.2) is 64.2 Å². The number of thiazole rings is 1. The molecule has 2 heterocycles. The second kappa shape index (κ2) is 12.1. The van der Waals surface area contributed by atoms with Gasteiger partial charge in [0.05, 0.1) is 17.8 Å². The maximum absolute atomic E-state index is 12.5. The molecule has 0 saturated carbocycles. The van der Waals surface area contributed by atoms with E-state index in [-0.39, 0.29) is 24.1 Å². The minimum absolute atomic E-state index is 0.0597. The summed E-state index contributed by atoms with van der Waals surface area (Å²) in [6.07, 6.45) is 2.13. The molecule has 192 valence electrons. The zero-order valence-corrected chi connectivity index (χ0v) is 22.4. The summed E-state index contributed by atoms with van der Waals surface area (Å²) < 4.78 is 5.54. The molecular formula is C28H35N3O4S. The minimum Gasteiger partial charge on any atom is -0.446 e. The smallest absolute Gasteiger partial charge is 0.410 e. The molecule has 0 bridgehead atoms. The van der Waals surface area contributed by atoms with Gasteiger partial charge in [0.1, 0.15) is 16.0 Å². The van der Waals surface area contributed by atoms with Gasteiger partial charge >= 0.3 is 6.09 Å². The number of hydrogen-bond donors (Lipinski definition) is 1. The Hall–Kier alpha value is -3.23. The van der Waals surface area contributed by atoms with Gasteiger partial charge in [-0.05, 0) is 26.3 Å². The number of hydrogen-bond acceptors (Lipinski definition) is 6. The lowest BCUT2D eigenvalue weighted by molar-refractivity contribution is -0.0309. The summed E-state index contributed by atoms with van der Waals surface area (Å²) in [6.45, 7) is 6.01. The molecule has 3 aromatic rings. The first-order valence-corrected chi connectivity index (χ1v) is 12.8. The van der Waals surface area contributed by atoms with Crippen molar-refractivity contribution in [3.05, 3.63) is 77.3 Å². The van der Waals surface area contributed by atoms with Crippen LogP contribution in [0.15, 0.2) is 66.9 Å². The Kier molecular flexibility index (Phi) is 9.23. The van der Waals surface area contributed by atoms with Gasteiger partial charge in [0.25, 0.3) is 5.91 Å². The quantitative estimate of drug-likeness (QED) is 0.466. The first-order valence-electron chi connectivity index (χ1n) is 12.0. The molecule has 1 aliphatic heterocycles. The summed E-state index contributed by atoms with van der Waals surface area (Å²) in [4.78, 5) is 32.8. The van der Waals surface area contributed by atoms with Crippen molar-refractivity contribution in [3.63, 3.8) is 0 Å². The van der Waals surface area contributed by atoms with Crippen LogP contribution in [0.4, 0.5) is 4.79 Å². The first-order chi connectivity index (χ1) is 17.0. The molecule has 1 N–H and O–H groups in total. The summed E-state index contributed by atoms with van der Waals surface area (Å²) in [5.41, 5.74) is 1.07. The lowest BCUT2D eigenvalue weighted by Crippen LogP contribution is -2.45. The Morgan fingerprint density at radius 1 is 1.17 bits per heavy atom. The van der Waals surface area contributed by atoms with E-state index in [2.05, 4.69) is 4.98 Å². The third kappa shape index (κ3) is 7.63. The van der Waals surface area contributed by atoms with E-state index < -0.39 is 5.60 Å². The Morgan fingerprint density at radius 3 is 2.25 bits per heavy atom. The van der Waals surface area contributed by atoms with E-state index in [0.29, 0.717) is 24.3 Å². The summed E-state index contributed by atoms with van der Waals surface area (Å²) >= 11 is 1.36. The number of rotatable bonds is 6. The second-order valence-corrected chi connectivity index (χ2v) is 10.7. The Balaban J connectivity index is 0.000000526. The minimum atomic E-state index is -0.860. The van der Waals surface area contributed by atoms with Gasteiger partial charge < -0.3 is 19.6 Å². The van der Waals surface area contributed by atoms with Crippen molar-refractivity contribution in [2.45, 2.75) is 51.4 Å². The van der Waals surface area contributed by atoms with Gasteiger partial charge in [-0.3, -0.25) is 4.79 Å². The standard InChI is InChI=1S/C22H29N3O4S.C6H6/c1-14(25-11-10-17(29-21(25)27)12-22(2,3)28)15-6-8-16(9-7-15)19-23-13-18(30-19)20(26)24(4)5;1-2-4-6-5-3-1/h6-9,13-14,17,28H,10-12H2,1-5H3;1-6H. The monoisotopic (exact) mass is 509 g/mol. The normalized spacial score (nSPS) is 16.4. The van der Waals surface area contributed by atoms with E-state index >= 15 is 0 Å². The van der Waals surface area contributed by atoms with Crippen molar-refractivity contribution in [2.24, 2.45) is 0 Å². The number of cyclic esters (lactones) is 1. The highest BCUT2D eigenvalue weighted by molar-refractivity contribution is 7.16. The van der Waals surface area contributed by atoms with Crippen LogP contribution in [0.25, 0.3) is 10.6 Å². The van der Waals surface area contributed by atoms with E-state index in [1.807, 2.05) is 67.6 Å². The van der Waals surface area contributed by atoms with Crippen LogP contribution in [0.3, 0.4) is 0 Å². The van der Waals surface area contributed by atoms with Crippen LogP contribution in [0.5, 0.6) is 0 Å². The average molecular weight is 510 g/mol. The molecule has 0 aliphatic carbocycles. The summed E-state index contributed by atoms with van der Waals surface area (Å²) in [6, 6.07) is 19.7. The van der Waals surface area contributed by atoms with Crippen molar-refractivity contribution in [1.29, 1.82) is 0 Å². The molecule has 8 heteroatoms. The first kappa shape index (κ1) is 27.4. The molecule has 4 rings (SSSR count). The van der Waals surface area contributed by atoms with Crippen molar-refractivity contribution in [1.82, 2.24) is 14.8 Å². The lowest BCUT2D eigenvalue weighted by Gasteiger charge is -2.37. The molecule has 7 nitrogen and oxygen atoms in total. The highest BCUT2D eigenvalue weighted by Gasteiger charge is 2.33. The molecule has 2 atom stereocenters. The number of ether oxygens (including phenoxy) is 1. The molecule has 1 saturated heterocycles. The average Bonchev–Trinajstić information content (AvgIpc) is 3.34. The van der Waals surface area contributed by atoms with Gasteiger partial charge in [0.2, 0.25) is 0 Å². The predicted molar refractivity (Wildman–Crippen MR) is 143 cm³/mol. The van der Waals surface area contributed by atoms with E-state index in [1.165, 1.54) is 16.2 Å². The number of benzene rings is 2. The van der Waals surface area contributed by atoms with Gasteiger partial charge in [-0.15, -0.1) is 11.3 Å². The summed E-state index contributed by atoms with van der Waals surface area (Å²) in [7, 11) is 3.44. The largest absolute Gasteiger partial charge is 0.446 e. The fraction of sp³-hybridized carbons (Fsp3) is 0.393. The maximum Gasteiger partial charge on any atom is 0.410 e. The highest BCUT2D eigenvalue weighted by atomic mass is 32.1. The van der Waals surface area contributed by atoms with E-state index in [4.69, 9.17) is 4.74 Å². The molecule has 1 aromatic heterocycles. The topological polar surface area (TPSA) is 83.0 Å². The SMILES string of the molecule is CC(c1ccc(-c2ncc(C(=O)N(C)C)s2)cc1)N1CCC(CC(C)(C)O)OC1=O.c1ccccc1. The molecule has 1 aliphatic rings. The molecule has 0 radical (unpaired) electrons. The third-order valence-corrected chi connectivity index (χ3v) is 6.85. The zero-order chi connectivity index (χ0) is 26.3. The Labute approximate surface area is 217 Å². The van der Waals surface area contributed by atoms with Crippen LogP contribution >= 0.6 is 11.3 Å². The van der Waals surface area contributed by atoms with Gasteiger partial charge in [-0.25, -0.2) is 9.78 Å². The van der Waals surface area contributed by atoms with E-state index in [1.54, 1.807) is 39.0 Å². The number of carbonyl (C=O) groups is 2. The molecular weight excluding hydrogens is 474 g/mol. The number of nitrogens with zero attached hydrogens (tertiary/aromatic N) is 3. The number of aliphatic hydroxyl groups is 1. The summed E-state index contributed by atoms with van der Waals surface area (Å²) in [5, 5.41) is 10.7. The van der Waals surface area contributed by atoms with Crippen LogP contribution in [-0.2, 0) is 4.74 Å². The molecule has 0 spiro atoms. The highest BCUT2D eigenvalue weighted by Crippen LogP contribution is 2.31.